The van der Waals surface area contributed by atoms with Crippen LogP contribution in [0.1, 0.15) is 43.7 Å². The van der Waals surface area contributed by atoms with Crippen LogP contribution in [0.4, 0.5) is 17.1 Å². The zero-order valence-corrected chi connectivity index (χ0v) is 23.2. The van der Waals surface area contributed by atoms with Crippen molar-refractivity contribution in [3.63, 3.8) is 0 Å². The zero-order valence-electron chi connectivity index (χ0n) is 21.7. The van der Waals surface area contributed by atoms with Crippen molar-refractivity contribution in [1.82, 2.24) is 9.62 Å². The van der Waals surface area contributed by atoms with Gasteiger partial charge in [-0.3, -0.25) is 9.59 Å². The van der Waals surface area contributed by atoms with Crippen molar-refractivity contribution in [2.75, 3.05) is 43.5 Å². The van der Waals surface area contributed by atoms with E-state index in [1.54, 1.807) is 19.1 Å². The lowest BCUT2D eigenvalue weighted by atomic mass is 9.88. The van der Waals surface area contributed by atoms with E-state index in [-0.39, 0.29) is 46.8 Å². The van der Waals surface area contributed by atoms with E-state index in [0.717, 1.165) is 0 Å². The monoisotopic (exact) mass is 578 g/mol. The van der Waals surface area contributed by atoms with Crippen molar-refractivity contribution < 1.29 is 22.7 Å². The Morgan fingerprint density at radius 1 is 1.15 bits per heavy atom. The number of nitrogens with zero attached hydrogens (tertiary/aromatic N) is 1. The van der Waals surface area contributed by atoms with Crippen molar-refractivity contribution in [3.05, 3.63) is 61.3 Å². The van der Waals surface area contributed by atoms with Gasteiger partial charge in [-0.25, -0.2) is 8.42 Å². The van der Waals surface area contributed by atoms with E-state index in [4.69, 9.17) is 20.8 Å². The summed E-state index contributed by atoms with van der Waals surface area (Å²) in [5.41, 5.74) is -1.88. The van der Waals surface area contributed by atoms with Gasteiger partial charge in [0.15, 0.2) is 5.75 Å². The molecule has 13 heteroatoms. The summed E-state index contributed by atoms with van der Waals surface area (Å²) >= 11 is 6.29. The smallest absolute Gasteiger partial charge is 0.253 e. The second-order valence-corrected chi connectivity index (χ2v) is 12.3. The summed E-state index contributed by atoms with van der Waals surface area (Å²) in [5.74, 6) is 0.685. The molecule has 2 aliphatic rings. The lowest BCUT2D eigenvalue weighted by molar-refractivity contribution is 0.00456. The van der Waals surface area contributed by atoms with Crippen molar-refractivity contribution in [2.45, 2.75) is 49.6 Å². The SMILES string of the molecule is CC[C@@H](Nc1c(Nc2ccc(Cl)c(S(=O)(=O)N3CCC4(CC3)COCCN4)c2O)c(=O)c1=O)c1ccc(C)o1. The maximum atomic E-state index is 13.6. The van der Waals surface area contributed by atoms with E-state index in [2.05, 4.69) is 16.0 Å². The number of aryl methyl sites for hydroxylation is 1. The molecule has 1 spiro atoms. The molecular formula is C26H31ClN4O7S. The van der Waals surface area contributed by atoms with Gasteiger partial charge in [0, 0.05) is 25.2 Å². The minimum absolute atomic E-state index is 0.0307. The fraction of sp³-hybridized carbons (Fsp3) is 0.462. The summed E-state index contributed by atoms with van der Waals surface area (Å²) in [6, 6.07) is 5.91. The maximum absolute atomic E-state index is 13.6. The van der Waals surface area contributed by atoms with Gasteiger partial charge in [0.1, 0.15) is 27.8 Å². The fourth-order valence-electron chi connectivity index (χ4n) is 5.18. The van der Waals surface area contributed by atoms with Crippen molar-refractivity contribution in [2.24, 2.45) is 0 Å². The Kier molecular flexibility index (Phi) is 7.51. The molecule has 0 saturated carbocycles. The number of nitrogens with one attached hydrogen (secondary N) is 3. The number of piperidine rings is 1. The molecule has 39 heavy (non-hydrogen) atoms. The highest BCUT2D eigenvalue weighted by atomic mass is 35.5. The highest BCUT2D eigenvalue weighted by molar-refractivity contribution is 7.89. The largest absolute Gasteiger partial charge is 0.504 e. The zero-order chi connectivity index (χ0) is 27.9. The third-order valence-corrected chi connectivity index (χ3v) is 9.89. The standard InChI is InChI=1S/C26H31ClN4O7S/c1-3-17(19-7-4-15(2)38-19)29-20-21(24(34)23(20)33)30-18-6-5-16(27)25(22(18)32)39(35,36)31-11-8-26(9-12-31)14-37-13-10-28-26/h4-7,17,28-30,32H,3,8-14H2,1-2H3/t17-/m1/s1. The van der Waals surface area contributed by atoms with E-state index >= 15 is 0 Å². The predicted molar refractivity (Wildman–Crippen MR) is 147 cm³/mol. The molecule has 0 unspecified atom stereocenters. The molecule has 3 aromatic rings. The topological polar surface area (TPSA) is 150 Å². The number of rotatable bonds is 8. The maximum Gasteiger partial charge on any atom is 0.253 e. The number of aromatic hydroxyl groups is 1. The molecule has 1 aromatic heterocycles. The van der Waals surface area contributed by atoms with Crippen molar-refractivity contribution in [1.29, 1.82) is 0 Å². The molecule has 2 fully saturated rings. The normalized spacial score (nSPS) is 18.8. The van der Waals surface area contributed by atoms with Crippen LogP contribution in [0.5, 0.6) is 5.75 Å². The number of anilines is 3. The first kappa shape index (κ1) is 27.7. The van der Waals surface area contributed by atoms with Crippen molar-refractivity contribution in [3.8, 4) is 5.75 Å². The van der Waals surface area contributed by atoms with Crippen LogP contribution in [-0.2, 0) is 14.8 Å². The predicted octanol–water partition coefficient (Wildman–Crippen LogP) is 2.99. The third-order valence-electron chi connectivity index (χ3n) is 7.49. The first-order valence-electron chi connectivity index (χ1n) is 12.8. The minimum Gasteiger partial charge on any atom is -0.504 e. The van der Waals surface area contributed by atoms with Crippen LogP contribution in [0, 0.1) is 6.92 Å². The summed E-state index contributed by atoms with van der Waals surface area (Å²) in [7, 11) is -4.17. The van der Waals surface area contributed by atoms with Gasteiger partial charge in [0.2, 0.25) is 10.0 Å². The lowest BCUT2D eigenvalue weighted by Gasteiger charge is -2.44. The molecule has 4 N–H and O–H groups in total. The number of phenolic OH excluding ortho intramolecular Hbond substituents is 1. The molecule has 5 rings (SSSR count). The molecule has 0 amide bonds. The third kappa shape index (κ3) is 5.07. The first-order valence-corrected chi connectivity index (χ1v) is 14.7. The molecule has 2 saturated heterocycles. The second-order valence-electron chi connectivity index (χ2n) is 10.0. The van der Waals surface area contributed by atoms with Crippen LogP contribution in [-0.4, -0.2) is 56.2 Å². The summed E-state index contributed by atoms with van der Waals surface area (Å²) in [4.78, 5) is 24.4. The van der Waals surface area contributed by atoms with E-state index in [9.17, 15) is 23.1 Å². The van der Waals surface area contributed by atoms with Crippen LogP contribution in [0.2, 0.25) is 5.02 Å². The Morgan fingerprint density at radius 2 is 1.87 bits per heavy atom. The molecule has 3 heterocycles. The van der Waals surface area contributed by atoms with Gasteiger partial charge in [-0.1, -0.05) is 18.5 Å². The highest BCUT2D eigenvalue weighted by Gasteiger charge is 2.41. The number of benzene rings is 1. The second kappa shape index (κ2) is 10.6. The summed E-state index contributed by atoms with van der Waals surface area (Å²) in [5, 5.41) is 20.1. The van der Waals surface area contributed by atoms with E-state index in [1.807, 2.05) is 6.92 Å². The van der Waals surface area contributed by atoms with Crippen LogP contribution >= 0.6 is 11.6 Å². The molecule has 210 valence electrons. The van der Waals surface area contributed by atoms with Gasteiger partial charge in [0.05, 0.1) is 30.0 Å². The molecule has 0 aliphatic carbocycles. The molecule has 11 nitrogen and oxygen atoms in total. The number of morpholine rings is 1. The number of hydrogen-bond acceptors (Lipinski definition) is 10. The number of ether oxygens (including phenoxy) is 1. The molecule has 0 radical (unpaired) electrons. The Hall–Kier alpha value is -2.90. The molecule has 2 aliphatic heterocycles. The van der Waals surface area contributed by atoms with Crippen LogP contribution in [0.15, 0.2) is 43.2 Å². The molecule has 0 bridgehead atoms. The van der Waals surface area contributed by atoms with Gasteiger partial charge in [-0.2, -0.15) is 4.31 Å². The van der Waals surface area contributed by atoms with Gasteiger partial charge < -0.3 is 30.2 Å². The average Bonchev–Trinajstić information content (AvgIpc) is 3.35. The lowest BCUT2D eigenvalue weighted by Crippen LogP contribution is -2.60. The summed E-state index contributed by atoms with van der Waals surface area (Å²) < 4.78 is 39.7. The Labute approximate surface area is 230 Å². The van der Waals surface area contributed by atoms with Gasteiger partial charge in [0.25, 0.3) is 10.9 Å². The summed E-state index contributed by atoms with van der Waals surface area (Å²) in [6.45, 7) is 6.00. The molecule has 2 aromatic carbocycles. The number of hydrogen-bond donors (Lipinski definition) is 4. The van der Waals surface area contributed by atoms with E-state index < -0.39 is 31.5 Å². The molecule has 1 atom stereocenters. The van der Waals surface area contributed by atoms with Gasteiger partial charge in [-0.05, 0) is 50.5 Å². The van der Waals surface area contributed by atoms with Crippen LogP contribution in [0.25, 0.3) is 0 Å². The number of phenols is 1. The minimum atomic E-state index is -4.17. The van der Waals surface area contributed by atoms with E-state index in [0.29, 0.717) is 50.5 Å². The van der Waals surface area contributed by atoms with Gasteiger partial charge >= 0.3 is 0 Å². The average molecular weight is 579 g/mol. The highest BCUT2D eigenvalue weighted by Crippen LogP contribution is 2.41. The Balaban J connectivity index is 1.39. The van der Waals surface area contributed by atoms with Crippen molar-refractivity contribution >= 4 is 38.7 Å². The van der Waals surface area contributed by atoms with Gasteiger partial charge in [-0.15, -0.1) is 0 Å². The first-order chi connectivity index (χ1) is 18.6. The van der Waals surface area contributed by atoms with Crippen LogP contribution < -0.4 is 26.8 Å². The summed E-state index contributed by atoms with van der Waals surface area (Å²) in [6.07, 6.45) is 1.67. The Morgan fingerprint density at radius 3 is 2.49 bits per heavy atom. The number of furan rings is 1. The van der Waals surface area contributed by atoms with E-state index in [1.165, 1.54) is 16.4 Å². The Bertz CT molecular complexity index is 1540. The number of sulfonamides is 1. The number of halogens is 1. The van der Waals surface area contributed by atoms with Crippen LogP contribution in [0.3, 0.4) is 0 Å². The molecular weight excluding hydrogens is 548 g/mol. The quantitative estimate of drug-likeness (QED) is 0.232. The fourth-order valence-corrected chi connectivity index (χ4v) is 7.21.